The highest BCUT2D eigenvalue weighted by molar-refractivity contribution is 9.10. The number of methoxy groups -OCH3 is 1. The predicted octanol–water partition coefficient (Wildman–Crippen LogP) is 4.35. The topological polar surface area (TPSA) is 45.0 Å². The molecule has 0 heterocycles. The zero-order valence-corrected chi connectivity index (χ0v) is 12.4. The summed E-state index contributed by atoms with van der Waals surface area (Å²) in [7, 11) is 1.62. The Bertz CT molecular complexity index is 667. The second kappa shape index (κ2) is 6.51. The van der Waals surface area contributed by atoms with Crippen LogP contribution in [0, 0.1) is 17.1 Å². The van der Waals surface area contributed by atoms with E-state index in [-0.39, 0.29) is 10.0 Å². The zero-order chi connectivity index (χ0) is 14.5. The SMILES string of the molecule is COCc1cccc(Nc2ccc(C#N)c(Br)c2F)c1. The molecule has 102 valence electrons. The van der Waals surface area contributed by atoms with Crippen molar-refractivity contribution in [3.63, 3.8) is 0 Å². The van der Waals surface area contributed by atoms with E-state index < -0.39 is 5.82 Å². The molecule has 2 aromatic carbocycles. The summed E-state index contributed by atoms with van der Waals surface area (Å²) in [6.07, 6.45) is 0. The Kier molecular flexibility index (Phi) is 4.72. The Labute approximate surface area is 125 Å². The van der Waals surface area contributed by atoms with Crippen molar-refractivity contribution in [1.29, 1.82) is 5.26 Å². The fraction of sp³-hybridized carbons (Fsp3) is 0.133. The molecule has 0 saturated heterocycles. The molecule has 2 rings (SSSR count). The first-order valence-corrected chi connectivity index (χ1v) is 6.68. The predicted molar refractivity (Wildman–Crippen MR) is 79.3 cm³/mol. The maximum absolute atomic E-state index is 14.1. The van der Waals surface area contributed by atoms with Gasteiger partial charge in [-0.2, -0.15) is 5.26 Å². The van der Waals surface area contributed by atoms with Crippen LogP contribution in [-0.2, 0) is 11.3 Å². The van der Waals surface area contributed by atoms with E-state index >= 15 is 0 Å². The van der Waals surface area contributed by atoms with Gasteiger partial charge in [-0.1, -0.05) is 12.1 Å². The van der Waals surface area contributed by atoms with Crippen molar-refractivity contribution in [2.75, 3.05) is 12.4 Å². The third kappa shape index (κ3) is 3.16. The number of ether oxygens (including phenoxy) is 1. The van der Waals surface area contributed by atoms with E-state index in [1.807, 2.05) is 30.3 Å². The van der Waals surface area contributed by atoms with Gasteiger partial charge in [0.2, 0.25) is 0 Å². The van der Waals surface area contributed by atoms with Crippen molar-refractivity contribution < 1.29 is 9.13 Å². The molecule has 0 aromatic heterocycles. The van der Waals surface area contributed by atoms with Crippen molar-refractivity contribution in [2.24, 2.45) is 0 Å². The Morgan fingerprint density at radius 3 is 2.85 bits per heavy atom. The first-order valence-electron chi connectivity index (χ1n) is 5.88. The van der Waals surface area contributed by atoms with E-state index in [0.29, 0.717) is 12.3 Å². The van der Waals surface area contributed by atoms with Gasteiger partial charge < -0.3 is 10.1 Å². The van der Waals surface area contributed by atoms with Crippen LogP contribution >= 0.6 is 15.9 Å². The normalized spacial score (nSPS) is 10.1. The number of nitrogens with zero attached hydrogens (tertiary/aromatic N) is 1. The summed E-state index contributed by atoms with van der Waals surface area (Å²) in [5.41, 5.74) is 2.33. The van der Waals surface area contributed by atoms with Gasteiger partial charge in [0.05, 0.1) is 22.3 Å². The summed E-state index contributed by atoms with van der Waals surface area (Å²) in [6, 6.07) is 12.5. The molecule has 0 aliphatic heterocycles. The van der Waals surface area contributed by atoms with Crippen LogP contribution in [0.25, 0.3) is 0 Å². The number of halogens is 2. The Morgan fingerprint density at radius 2 is 2.15 bits per heavy atom. The number of benzene rings is 2. The Hall–Kier alpha value is -1.90. The monoisotopic (exact) mass is 334 g/mol. The summed E-state index contributed by atoms with van der Waals surface area (Å²) >= 11 is 3.09. The van der Waals surface area contributed by atoms with Crippen LogP contribution < -0.4 is 5.32 Å². The minimum Gasteiger partial charge on any atom is -0.380 e. The van der Waals surface area contributed by atoms with E-state index in [2.05, 4.69) is 21.2 Å². The van der Waals surface area contributed by atoms with E-state index in [0.717, 1.165) is 11.3 Å². The number of anilines is 2. The largest absolute Gasteiger partial charge is 0.380 e. The van der Waals surface area contributed by atoms with E-state index in [9.17, 15) is 4.39 Å². The number of hydrogen-bond donors (Lipinski definition) is 1. The minimum atomic E-state index is -0.485. The molecule has 3 nitrogen and oxygen atoms in total. The molecule has 20 heavy (non-hydrogen) atoms. The van der Waals surface area contributed by atoms with E-state index in [4.69, 9.17) is 10.00 Å². The summed E-state index contributed by atoms with van der Waals surface area (Å²) in [5.74, 6) is -0.485. The Morgan fingerprint density at radius 1 is 1.35 bits per heavy atom. The van der Waals surface area contributed by atoms with Gasteiger partial charge in [-0.3, -0.25) is 0 Å². The first-order chi connectivity index (χ1) is 9.65. The highest BCUT2D eigenvalue weighted by atomic mass is 79.9. The highest BCUT2D eigenvalue weighted by Gasteiger charge is 2.11. The summed E-state index contributed by atoms with van der Waals surface area (Å²) in [6.45, 7) is 0.495. The van der Waals surface area contributed by atoms with Crippen molar-refractivity contribution in [2.45, 2.75) is 6.61 Å². The molecule has 0 amide bonds. The van der Waals surface area contributed by atoms with Gasteiger partial charge in [-0.05, 0) is 45.8 Å². The lowest BCUT2D eigenvalue weighted by Gasteiger charge is -2.10. The third-order valence-electron chi connectivity index (χ3n) is 2.72. The molecule has 0 bridgehead atoms. The average molecular weight is 335 g/mol. The maximum Gasteiger partial charge on any atom is 0.162 e. The average Bonchev–Trinajstić information content (AvgIpc) is 2.45. The molecule has 2 aromatic rings. The second-order valence-electron chi connectivity index (χ2n) is 4.16. The van der Waals surface area contributed by atoms with Crippen LogP contribution in [0.1, 0.15) is 11.1 Å². The van der Waals surface area contributed by atoms with Gasteiger partial charge in [-0.25, -0.2) is 4.39 Å². The van der Waals surface area contributed by atoms with E-state index in [1.54, 1.807) is 19.2 Å². The maximum atomic E-state index is 14.1. The van der Waals surface area contributed by atoms with Crippen LogP contribution in [0.2, 0.25) is 0 Å². The summed E-state index contributed by atoms with van der Waals surface area (Å²) in [5, 5.41) is 11.8. The minimum absolute atomic E-state index is 0.165. The molecule has 0 fully saturated rings. The molecule has 5 heteroatoms. The highest BCUT2D eigenvalue weighted by Crippen LogP contribution is 2.29. The molecule has 0 saturated carbocycles. The Balaban J connectivity index is 2.29. The molecule has 0 spiro atoms. The lowest BCUT2D eigenvalue weighted by Crippen LogP contribution is -1.97. The zero-order valence-electron chi connectivity index (χ0n) is 10.8. The fourth-order valence-electron chi connectivity index (χ4n) is 1.79. The molecule has 1 N–H and O–H groups in total. The molecular weight excluding hydrogens is 323 g/mol. The molecule has 0 radical (unpaired) electrons. The second-order valence-corrected chi connectivity index (χ2v) is 4.95. The molecule has 0 atom stereocenters. The van der Waals surface area contributed by atoms with Crippen molar-refractivity contribution in [1.82, 2.24) is 0 Å². The molecule has 0 aliphatic rings. The van der Waals surface area contributed by atoms with Gasteiger partial charge in [0.15, 0.2) is 5.82 Å². The number of nitrogens with one attached hydrogen (secondary N) is 1. The van der Waals surface area contributed by atoms with E-state index in [1.165, 1.54) is 0 Å². The van der Waals surface area contributed by atoms with Gasteiger partial charge in [0.1, 0.15) is 6.07 Å². The van der Waals surface area contributed by atoms with Gasteiger partial charge in [-0.15, -0.1) is 0 Å². The van der Waals surface area contributed by atoms with Crippen LogP contribution in [0.3, 0.4) is 0 Å². The molecule has 0 unspecified atom stereocenters. The molecule has 0 aliphatic carbocycles. The van der Waals surface area contributed by atoms with Crippen molar-refractivity contribution in [3.05, 3.63) is 57.8 Å². The van der Waals surface area contributed by atoms with Gasteiger partial charge >= 0.3 is 0 Å². The first kappa shape index (κ1) is 14.5. The summed E-state index contributed by atoms with van der Waals surface area (Å²) in [4.78, 5) is 0. The number of rotatable bonds is 4. The van der Waals surface area contributed by atoms with Gasteiger partial charge in [0, 0.05) is 12.8 Å². The van der Waals surface area contributed by atoms with Crippen LogP contribution in [0.15, 0.2) is 40.9 Å². The molecular formula is C15H12BrFN2O. The van der Waals surface area contributed by atoms with Gasteiger partial charge in [0.25, 0.3) is 0 Å². The number of hydrogen-bond acceptors (Lipinski definition) is 3. The lowest BCUT2D eigenvalue weighted by atomic mass is 10.2. The quantitative estimate of drug-likeness (QED) is 0.903. The van der Waals surface area contributed by atoms with Crippen LogP contribution in [-0.4, -0.2) is 7.11 Å². The van der Waals surface area contributed by atoms with Crippen molar-refractivity contribution >= 4 is 27.3 Å². The summed E-state index contributed by atoms with van der Waals surface area (Å²) < 4.78 is 19.3. The van der Waals surface area contributed by atoms with Crippen LogP contribution in [0.4, 0.5) is 15.8 Å². The standard InChI is InChI=1S/C15H12BrFN2O/c1-20-9-10-3-2-4-12(7-10)19-13-6-5-11(8-18)14(16)15(13)17/h2-7,19H,9H2,1H3. The van der Waals surface area contributed by atoms with Crippen LogP contribution in [0.5, 0.6) is 0 Å². The third-order valence-corrected chi connectivity index (χ3v) is 3.50. The van der Waals surface area contributed by atoms with Crippen molar-refractivity contribution in [3.8, 4) is 6.07 Å². The smallest absolute Gasteiger partial charge is 0.162 e. The fourth-order valence-corrected chi connectivity index (χ4v) is 2.23. The number of nitriles is 1. The lowest BCUT2D eigenvalue weighted by molar-refractivity contribution is 0.185.